The van der Waals surface area contributed by atoms with Crippen LogP contribution in [0.5, 0.6) is 0 Å². The Morgan fingerprint density at radius 3 is 2.29 bits per heavy atom. The predicted molar refractivity (Wildman–Crippen MR) is 85.0 cm³/mol. The first-order valence-electron chi connectivity index (χ1n) is 7.20. The molecule has 0 aromatic carbocycles. The number of anilines is 1. The number of nitrogens with zero attached hydrogens (tertiary/aromatic N) is 3. The van der Waals surface area contributed by atoms with Gasteiger partial charge in [0.1, 0.15) is 5.39 Å². The van der Waals surface area contributed by atoms with E-state index in [2.05, 4.69) is 10.3 Å². The van der Waals surface area contributed by atoms with Gasteiger partial charge in [-0.3, -0.25) is 13.9 Å². The smallest absolute Gasteiger partial charge is 0.332 e. The first kappa shape index (κ1) is 15.3. The van der Waals surface area contributed by atoms with Crippen LogP contribution in [-0.2, 0) is 13.1 Å². The van der Waals surface area contributed by atoms with E-state index in [9.17, 15) is 9.59 Å². The van der Waals surface area contributed by atoms with Gasteiger partial charge in [-0.2, -0.15) is 0 Å². The Kier molecular flexibility index (Phi) is 3.89. The Morgan fingerprint density at radius 2 is 1.76 bits per heavy atom. The van der Waals surface area contributed by atoms with Crippen LogP contribution in [-0.4, -0.2) is 19.7 Å². The summed E-state index contributed by atoms with van der Waals surface area (Å²) >= 11 is 0. The van der Waals surface area contributed by atoms with Crippen molar-refractivity contribution < 1.29 is 0 Å². The molecule has 0 unspecified atom stereocenters. The predicted octanol–water partition coefficient (Wildman–Crippen LogP) is 1.81. The lowest BCUT2D eigenvalue weighted by Gasteiger charge is -2.23. The van der Waals surface area contributed by atoms with Gasteiger partial charge in [0.25, 0.3) is 5.56 Å². The molecule has 0 aliphatic heterocycles. The lowest BCUT2D eigenvalue weighted by Crippen LogP contribution is -2.40. The summed E-state index contributed by atoms with van der Waals surface area (Å²) in [6.45, 7) is 10.5. The molecule has 2 aromatic rings. The molecule has 2 rings (SSSR count). The molecule has 2 heterocycles. The van der Waals surface area contributed by atoms with Crippen molar-refractivity contribution in [2.45, 2.75) is 53.2 Å². The number of hydrogen-bond donors (Lipinski definition) is 1. The molecule has 6 nitrogen and oxygen atoms in total. The molecule has 6 heteroatoms. The number of aryl methyl sites for hydroxylation is 1. The average molecular weight is 290 g/mol. The van der Waals surface area contributed by atoms with Gasteiger partial charge in [-0.15, -0.1) is 0 Å². The van der Waals surface area contributed by atoms with Gasteiger partial charge >= 0.3 is 5.69 Å². The molecule has 0 spiro atoms. The van der Waals surface area contributed by atoms with Crippen LogP contribution in [0.15, 0.2) is 21.9 Å². The summed E-state index contributed by atoms with van der Waals surface area (Å²) in [5.41, 5.74) is 0.360. The molecule has 114 valence electrons. The fourth-order valence-electron chi connectivity index (χ4n) is 2.40. The Balaban J connectivity index is 2.93. The maximum atomic E-state index is 12.6. The zero-order valence-electron chi connectivity index (χ0n) is 13.2. The zero-order valence-corrected chi connectivity index (χ0v) is 13.2. The Labute approximate surface area is 123 Å². The number of pyridine rings is 1. The number of rotatable bonds is 3. The fourth-order valence-corrected chi connectivity index (χ4v) is 2.40. The molecule has 0 radical (unpaired) electrons. The molecule has 0 atom stereocenters. The van der Waals surface area contributed by atoms with Crippen molar-refractivity contribution in [1.29, 1.82) is 0 Å². The molecule has 1 N–H and O–H groups in total. The van der Waals surface area contributed by atoms with Crippen molar-refractivity contribution in [1.82, 2.24) is 14.1 Å². The highest BCUT2D eigenvalue weighted by Gasteiger charge is 2.18. The van der Waals surface area contributed by atoms with Gasteiger partial charge in [0.15, 0.2) is 5.65 Å². The van der Waals surface area contributed by atoms with Crippen molar-refractivity contribution in [2.24, 2.45) is 0 Å². The molecule has 0 saturated heterocycles. The fraction of sp³-hybridized carbons (Fsp3) is 0.533. The molecular weight excluding hydrogens is 268 g/mol. The Hall–Kier alpha value is -2.11. The van der Waals surface area contributed by atoms with E-state index in [-0.39, 0.29) is 16.8 Å². The van der Waals surface area contributed by atoms with E-state index in [1.807, 2.05) is 27.7 Å². The lowest BCUT2D eigenvalue weighted by molar-refractivity contribution is 0.603. The number of fused-ring (bicyclic) bond motifs is 1. The third-order valence-corrected chi connectivity index (χ3v) is 3.25. The van der Waals surface area contributed by atoms with E-state index in [0.717, 1.165) is 0 Å². The highest BCUT2D eigenvalue weighted by atomic mass is 16.2. The zero-order chi connectivity index (χ0) is 15.8. The maximum absolute atomic E-state index is 12.6. The summed E-state index contributed by atoms with van der Waals surface area (Å²) in [6.07, 6.45) is 1.62. The minimum absolute atomic E-state index is 0.190. The summed E-state index contributed by atoms with van der Waals surface area (Å²) in [4.78, 5) is 29.2. The van der Waals surface area contributed by atoms with Crippen LogP contribution in [0, 0.1) is 0 Å². The number of hydrogen-bond acceptors (Lipinski definition) is 4. The third kappa shape index (κ3) is 2.70. The molecule has 0 bridgehead atoms. The van der Waals surface area contributed by atoms with E-state index in [0.29, 0.717) is 29.8 Å². The summed E-state index contributed by atoms with van der Waals surface area (Å²) < 4.78 is 2.79. The van der Waals surface area contributed by atoms with Crippen molar-refractivity contribution >= 4 is 16.7 Å². The molecule has 0 aliphatic carbocycles. The minimum Gasteiger partial charge on any atom is -0.380 e. The molecule has 0 fully saturated rings. The lowest BCUT2D eigenvalue weighted by atomic mass is 10.1. The second-order valence-electron chi connectivity index (χ2n) is 6.01. The summed E-state index contributed by atoms with van der Waals surface area (Å²) in [5, 5.41) is 3.79. The quantitative estimate of drug-likeness (QED) is 0.936. The van der Waals surface area contributed by atoms with Gasteiger partial charge in [0, 0.05) is 24.8 Å². The highest BCUT2D eigenvalue weighted by molar-refractivity contribution is 5.88. The number of nitrogens with one attached hydrogen (secondary N) is 1. The van der Waals surface area contributed by atoms with Crippen LogP contribution in [0.25, 0.3) is 11.0 Å². The normalized spacial score (nSPS) is 11.9. The molecule has 2 aromatic heterocycles. The SMILES string of the molecule is CCn1c(=O)c2c(NC(C)(C)C)ccnc2n(CC)c1=O. The topological polar surface area (TPSA) is 68.9 Å². The first-order valence-corrected chi connectivity index (χ1v) is 7.20. The summed E-state index contributed by atoms with van der Waals surface area (Å²) in [6, 6.07) is 1.78. The van der Waals surface area contributed by atoms with E-state index in [4.69, 9.17) is 0 Å². The van der Waals surface area contributed by atoms with Crippen LogP contribution in [0.3, 0.4) is 0 Å². The largest absolute Gasteiger partial charge is 0.380 e. The van der Waals surface area contributed by atoms with Crippen LogP contribution in [0.4, 0.5) is 5.69 Å². The van der Waals surface area contributed by atoms with Crippen LogP contribution in [0.2, 0.25) is 0 Å². The second kappa shape index (κ2) is 5.35. The molecule has 21 heavy (non-hydrogen) atoms. The van der Waals surface area contributed by atoms with E-state index in [1.165, 1.54) is 9.13 Å². The highest BCUT2D eigenvalue weighted by Crippen LogP contribution is 2.20. The molecule has 0 saturated carbocycles. The standard InChI is InChI=1S/C15H22N4O2/c1-6-18-12-11(13(20)19(7-2)14(18)21)10(8-9-16-12)17-15(3,4)5/h8-9H,6-7H2,1-5H3,(H,16,17). The summed E-state index contributed by atoms with van der Waals surface area (Å²) in [7, 11) is 0. The van der Waals surface area contributed by atoms with Crippen molar-refractivity contribution in [3.63, 3.8) is 0 Å². The summed E-state index contributed by atoms with van der Waals surface area (Å²) in [5.74, 6) is 0. The van der Waals surface area contributed by atoms with Gasteiger partial charge < -0.3 is 5.32 Å². The van der Waals surface area contributed by atoms with Gasteiger partial charge in [-0.05, 0) is 40.7 Å². The van der Waals surface area contributed by atoms with Crippen molar-refractivity contribution in [3.8, 4) is 0 Å². The molecule has 0 aliphatic rings. The van der Waals surface area contributed by atoms with Crippen LogP contribution < -0.4 is 16.6 Å². The second-order valence-corrected chi connectivity index (χ2v) is 6.01. The van der Waals surface area contributed by atoms with Crippen molar-refractivity contribution in [3.05, 3.63) is 33.1 Å². The molecular formula is C15H22N4O2. The van der Waals surface area contributed by atoms with Crippen LogP contribution in [0.1, 0.15) is 34.6 Å². The Bertz CT molecular complexity index is 781. The number of aromatic nitrogens is 3. The first-order chi connectivity index (χ1) is 9.80. The molecule has 0 amide bonds. The van der Waals surface area contributed by atoms with E-state index in [1.54, 1.807) is 19.2 Å². The Morgan fingerprint density at radius 1 is 1.14 bits per heavy atom. The average Bonchev–Trinajstić information content (AvgIpc) is 2.37. The van der Waals surface area contributed by atoms with E-state index < -0.39 is 0 Å². The van der Waals surface area contributed by atoms with Crippen molar-refractivity contribution in [2.75, 3.05) is 5.32 Å². The van der Waals surface area contributed by atoms with E-state index >= 15 is 0 Å². The minimum atomic E-state index is -0.307. The van der Waals surface area contributed by atoms with Gasteiger partial charge in [0.05, 0.1) is 5.69 Å². The van der Waals surface area contributed by atoms with Gasteiger partial charge in [-0.1, -0.05) is 0 Å². The van der Waals surface area contributed by atoms with Gasteiger partial charge in [0.2, 0.25) is 0 Å². The van der Waals surface area contributed by atoms with Crippen LogP contribution >= 0.6 is 0 Å². The van der Waals surface area contributed by atoms with Gasteiger partial charge in [-0.25, -0.2) is 9.78 Å². The maximum Gasteiger partial charge on any atom is 0.332 e. The third-order valence-electron chi connectivity index (χ3n) is 3.25. The monoisotopic (exact) mass is 290 g/mol.